The molecule has 2 aromatic carbocycles. The minimum absolute atomic E-state index is 0.730. The zero-order valence-corrected chi connectivity index (χ0v) is 17.5. The van der Waals surface area contributed by atoms with Crippen LogP contribution in [0.2, 0.25) is 0 Å². The first-order valence-corrected chi connectivity index (χ1v) is 10.7. The molecule has 2 rings (SSSR count). The summed E-state index contributed by atoms with van der Waals surface area (Å²) in [6.45, 7) is 6.98. The second-order valence-electron chi connectivity index (χ2n) is 7.86. The molecule has 0 aliphatic heterocycles. The summed E-state index contributed by atoms with van der Waals surface area (Å²) in [5.41, 5.74) is 12.8. The maximum Gasteiger partial charge on any atom is 0.0314 e. The Morgan fingerprint density at radius 3 is 2.19 bits per heavy atom. The van der Waals surface area contributed by atoms with E-state index in [4.69, 9.17) is 5.73 Å². The molecule has 1 atom stereocenters. The summed E-state index contributed by atoms with van der Waals surface area (Å²) in [7, 11) is 0. The maximum absolute atomic E-state index is 5.81. The van der Waals surface area contributed by atoms with E-state index in [1.807, 2.05) is 12.1 Å². The van der Waals surface area contributed by atoms with Gasteiger partial charge in [0.2, 0.25) is 0 Å². The third-order valence-electron chi connectivity index (χ3n) is 5.55. The molecule has 1 heteroatoms. The topological polar surface area (TPSA) is 26.0 Å². The number of nitrogens with two attached hydrogens (primary N) is 1. The van der Waals surface area contributed by atoms with Crippen LogP contribution in [0.3, 0.4) is 0 Å². The Morgan fingerprint density at radius 1 is 0.889 bits per heavy atom. The Labute approximate surface area is 166 Å². The Hall–Kier alpha value is -2.02. The molecule has 0 saturated heterocycles. The van der Waals surface area contributed by atoms with Gasteiger partial charge < -0.3 is 5.73 Å². The highest BCUT2D eigenvalue weighted by atomic mass is 14.5. The number of hydrogen-bond donors (Lipinski definition) is 1. The van der Waals surface area contributed by atoms with Crippen LogP contribution in [-0.2, 0) is 6.42 Å². The summed E-state index contributed by atoms with van der Waals surface area (Å²) >= 11 is 0. The van der Waals surface area contributed by atoms with Crippen molar-refractivity contribution in [3.63, 3.8) is 0 Å². The molecule has 0 saturated carbocycles. The molecule has 0 spiro atoms. The van der Waals surface area contributed by atoms with Gasteiger partial charge >= 0.3 is 0 Å². The maximum atomic E-state index is 5.81. The van der Waals surface area contributed by atoms with Crippen LogP contribution in [0.25, 0.3) is 5.57 Å². The minimum Gasteiger partial charge on any atom is -0.399 e. The van der Waals surface area contributed by atoms with Crippen LogP contribution >= 0.6 is 0 Å². The van der Waals surface area contributed by atoms with Crippen LogP contribution in [0, 0.1) is 5.92 Å². The van der Waals surface area contributed by atoms with Crippen LogP contribution in [0.1, 0.15) is 76.8 Å². The third-order valence-corrected chi connectivity index (χ3v) is 5.55. The van der Waals surface area contributed by atoms with Gasteiger partial charge in [-0.1, -0.05) is 81.7 Å². The SMILES string of the molecule is CCCCC(CCCc1ccc(N)cc1)=C(CC(C)CC)c1ccccc1. The normalized spacial score (nSPS) is 13.3. The van der Waals surface area contributed by atoms with Crippen molar-refractivity contribution >= 4 is 11.3 Å². The fraction of sp³-hybridized carbons (Fsp3) is 0.462. The van der Waals surface area contributed by atoms with Gasteiger partial charge in [-0.05, 0) is 73.3 Å². The fourth-order valence-electron chi connectivity index (χ4n) is 3.61. The van der Waals surface area contributed by atoms with Crippen LogP contribution in [0.5, 0.6) is 0 Å². The lowest BCUT2D eigenvalue weighted by Crippen LogP contribution is -2.01. The second kappa shape index (κ2) is 11.6. The smallest absolute Gasteiger partial charge is 0.0314 e. The number of benzene rings is 2. The third kappa shape index (κ3) is 7.25. The van der Waals surface area contributed by atoms with Gasteiger partial charge in [0, 0.05) is 5.69 Å². The Bertz CT molecular complexity index is 682. The number of rotatable bonds is 11. The number of hydrogen-bond acceptors (Lipinski definition) is 1. The van der Waals surface area contributed by atoms with Crippen molar-refractivity contribution in [2.75, 3.05) is 5.73 Å². The molecule has 0 aromatic heterocycles. The molecule has 0 fully saturated rings. The van der Waals surface area contributed by atoms with Crippen molar-refractivity contribution in [2.45, 2.75) is 72.1 Å². The van der Waals surface area contributed by atoms with E-state index in [1.165, 1.54) is 56.1 Å². The predicted molar refractivity (Wildman–Crippen MR) is 121 cm³/mol. The molecular formula is C26H37N. The summed E-state index contributed by atoms with van der Waals surface area (Å²) in [5.74, 6) is 0.730. The number of unbranched alkanes of at least 4 members (excludes halogenated alkanes) is 1. The number of aryl methyl sites for hydroxylation is 1. The fourth-order valence-corrected chi connectivity index (χ4v) is 3.61. The highest BCUT2D eigenvalue weighted by Gasteiger charge is 2.12. The van der Waals surface area contributed by atoms with Crippen LogP contribution < -0.4 is 5.73 Å². The van der Waals surface area contributed by atoms with Gasteiger partial charge in [0.1, 0.15) is 0 Å². The number of anilines is 1. The quantitative estimate of drug-likeness (QED) is 0.407. The zero-order valence-electron chi connectivity index (χ0n) is 17.5. The average molecular weight is 364 g/mol. The molecule has 2 aromatic rings. The van der Waals surface area contributed by atoms with Gasteiger partial charge in [0.15, 0.2) is 0 Å². The van der Waals surface area contributed by atoms with E-state index in [-0.39, 0.29) is 0 Å². The van der Waals surface area contributed by atoms with Crippen molar-refractivity contribution in [3.8, 4) is 0 Å². The second-order valence-corrected chi connectivity index (χ2v) is 7.86. The molecule has 27 heavy (non-hydrogen) atoms. The first-order valence-electron chi connectivity index (χ1n) is 10.7. The summed E-state index contributed by atoms with van der Waals surface area (Å²) in [4.78, 5) is 0. The molecule has 0 aliphatic carbocycles. The number of allylic oxidation sites excluding steroid dienone is 2. The molecule has 0 amide bonds. The van der Waals surface area contributed by atoms with Gasteiger partial charge in [-0.15, -0.1) is 0 Å². The van der Waals surface area contributed by atoms with Crippen molar-refractivity contribution in [2.24, 2.45) is 5.92 Å². The standard InChI is InChI=1S/C26H37N/c1-4-6-12-23(15-10-11-22-16-18-25(27)19-17-22)26(20-21(3)5-2)24-13-8-7-9-14-24/h7-9,13-14,16-19,21H,4-6,10-12,15,20,27H2,1-3H3. The average Bonchev–Trinajstić information content (AvgIpc) is 2.71. The van der Waals surface area contributed by atoms with Crippen LogP contribution in [-0.4, -0.2) is 0 Å². The zero-order chi connectivity index (χ0) is 19.5. The molecule has 0 radical (unpaired) electrons. The van der Waals surface area contributed by atoms with Gasteiger partial charge in [-0.25, -0.2) is 0 Å². The highest BCUT2D eigenvalue weighted by molar-refractivity contribution is 5.69. The molecule has 0 aliphatic rings. The van der Waals surface area contributed by atoms with E-state index in [0.29, 0.717) is 0 Å². The van der Waals surface area contributed by atoms with Gasteiger partial charge in [0.25, 0.3) is 0 Å². The Morgan fingerprint density at radius 2 is 1.56 bits per heavy atom. The van der Waals surface area contributed by atoms with Crippen LogP contribution in [0.4, 0.5) is 5.69 Å². The Kier molecular flexibility index (Phi) is 9.18. The monoisotopic (exact) mass is 363 g/mol. The molecule has 1 nitrogen and oxygen atoms in total. The first kappa shape index (κ1) is 21.3. The van der Waals surface area contributed by atoms with E-state index in [9.17, 15) is 0 Å². The molecular weight excluding hydrogens is 326 g/mol. The van der Waals surface area contributed by atoms with E-state index in [1.54, 1.807) is 11.1 Å². The lowest BCUT2D eigenvalue weighted by atomic mass is 9.86. The summed E-state index contributed by atoms with van der Waals surface area (Å²) < 4.78 is 0. The van der Waals surface area contributed by atoms with Crippen molar-refractivity contribution in [3.05, 3.63) is 71.3 Å². The van der Waals surface area contributed by atoms with Gasteiger partial charge in [-0.2, -0.15) is 0 Å². The van der Waals surface area contributed by atoms with Gasteiger partial charge in [-0.3, -0.25) is 0 Å². The number of nitrogen functional groups attached to an aromatic ring is 1. The van der Waals surface area contributed by atoms with Crippen molar-refractivity contribution < 1.29 is 0 Å². The van der Waals surface area contributed by atoms with Gasteiger partial charge in [0.05, 0.1) is 0 Å². The minimum atomic E-state index is 0.730. The lowest BCUT2D eigenvalue weighted by molar-refractivity contribution is 0.575. The highest BCUT2D eigenvalue weighted by Crippen LogP contribution is 2.32. The van der Waals surface area contributed by atoms with E-state index in [2.05, 4.69) is 63.2 Å². The van der Waals surface area contributed by atoms with Crippen LogP contribution in [0.15, 0.2) is 60.2 Å². The summed E-state index contributed by atoms with van der Waals surface area (Å²) in [6.07, 6.45) is 9.75. The molecule has 1 unspecified atom stereocenters. The predicted octanol–water partition coefficient (Wildman–Crippen LogP) is 7.67. The van der Waals surface area contributed by atoms with E-state index >= 15 is 0 Å². The van der Waals surface area contributed by atoms with Crippen molar-refractivity contribution in [1.29, 1.82) is 0 Å². The summed E-state index contributed by atoms with van der Waals surface area (Å²) in [6, 6.07) is 19.4. The largest absolute Gasteiger partial charge is 0.399 e. The van der Waals surface area contributed by atoms with Crippen molar-refractivity contribution in [1.82, 2.24) is 0 Å². The van der Waals surface area contributed by atoms with E-state index in [0.717, 1.165) is 18.0 Å². The van der Waals surface area contributed by atoms with E-state index < -0.39 is 0 Å². The Balaban J connectivity index is 2.19. The molecule has 2 N–H and O–H groups in total. The lowest BCUT2D eigenvalue weighted by Gasteiger charge is -2.19. The molecule has 0 heterocycles. The molecule has 0 bridgehead atoms. The summed E-state index contributed by atoms with van der Waals surface area (Å²) in [5, 5.41) is 0. The molecule has 146 valence electrons. The first-order chi connectivity index (χ1) is 13.1.